The molecule has 1 aromatic rings. The molecule has 1 amide bonds. The fourth-order valence-electron chi connectivity index (χ4n) is 1.77. The van der Waals surface area contributed by atoms with E-state index in [0.717, 1.165) is 6.20 Å². The molecule has 6 nitrogen and oxygen atoms in total. The van der Waals surface area contributed by atoms with Crippen LogP contribution in [0.2, 0.25) is 0 Å². The highest BCUT2D eigenvalue weighted by atomic mass is 19.4. The maximum absolute atomic E-state index is 12.6. The number of hydrogen-bond acceptors (Lipinski definition) is 4. The van der Waals surface area contributed by atoms with Crippen molar-refractivity contribution in [3.05, 3.63) is 24.0 Å². The number of carbonyl (C=O) groups is 2. The van der Waals surface area contributed by atoms with Gasteiger partial charge in [0.15, 0.2) is 6.10 Å². The number of amides is 1. The third kappa shape index (κ3) is 4.84. The fraction of sp³-hybridized carbons (Fsp3) is 0.533. The standard InChI is InChI=1S/C15H19F3N2O4/c1-4-10(12(21)20-14(3,5-2)13(22)23)24-9-6-7-19-11(8-9)15(16,17)18/h6-8,10H,4-5H2,1-3H3,(H,20,21)(H,22,23). The maximum Gasteiger partial charge on any atom is 0.433 e. The first-order valence-electron chi connectivity index (χ1n) is 7.28. The summed E-state index contributed by atoms with van der Waals surface area (Å²) in [6.45, 7) is 4.53. The van der Waals surface area contributed by atoms with Crippen LogP contribution < -0.4 is 10.1 Å². The van der Waals surface area contributed by atoms with Crippen LogP contribution in [0.15, 0.2) is 18.3 Å². The molecule has 2 atom stereocenters. The number of halogens is 3. The van der Waals surface area contributed by atoms with Gasteiger partial charge in [-0.3, -0.25) is 9.78 Å². The monoisotopic (exact) mass is 348 g/mol. The molecule has 0 saturated carbocycles. The molecule has 1 aromatic heterocycles. The predicted octanol–water partition coefficient (Wildman–Crippen LogP) is 2.63. The largest absolute Gasteiger partial charge is 0.480 e. The lowest BCUT2D eigenvalue weighted by atomic mass is 9.98. The average Bonchev–Trinajstić information content (AvgIpc) is 2.51. The van der Waals surface area contributed by atoms with E-state index in [-0.39, 0.29) is 18.6 Å². The molecule has 0 aliphatic heterocycles. The Bertz CT molecular complexity index is 607. The number of pyridine rings is 1. The maximum atomic E-state index is 12.6. The van der Waals surface area contributed by atoms with Gasteiger partial charge in [-0.15, -0.1) is 0 Å². The van der Waals surface area contributed by atoms with E-state index in [0.29, 0.717) is 6.07 Å². The summed E-state index contributed by atoms with van der Waals surface area (Å²) in [5.74, 6) is -2.10. The zero-order valence-corrected chi connectivity index (χ0v) is 13.5. The first-order valence-corrected chi connectivity index (χ1v) is 7.28. The van der Waals surface area contributed by atoms with Gasteiger partial charge >= 0.3 is 12.1 Å². The number of alkyl halides is 3. The molecule has 0 saturated heterocycles. The molecule has 1 heterocycles. The van der Waals surface area contributed by atoms with Crippen LogP contribution in [-0.4, -0.2) is 33.6 Å². The normalized spacial score (nSPS) is 15.2. The van der Waals surface area contributed by atoms with Crippen LogP contribution in [0.4, 0.5) is 13.2 Å². The lowest BCUT2D eigenvalue weighted by Crippen LogP contribution is -2.55. The van der Waals surface area contributed by atoms with Gasteiger partial charge in [-0.2, -0.15) is 13.2 Å². The van der Waals surface area contributed by atoms with Gasteiger partial charge in [0.25, 0.3) is 5.91 Å². The number of nitrogens with zero attached hydrogens (tertiary/aromatic N) is 1. The van der Waals surface area contributed by atoms with Gasteiger partial charge in [0.2, 0.25) is 0 Å². The van der Waals surface area contributed by atoms with Crippen molar-refractivity contribution < 1.29 is 32.6 Å². The van der Waals surface area contributed by atoms with Crippen LogP contribution >= 0.6 is 0 Å². The molecule has 9 heteroatoms. The molecule has 0 bridgehead atoms. The van der Waals surface area contributed by atoms with E-state index in [4.69, 9.17) is 9.84 Å². The highest BCUT2D eigenvalue weighted by molar-refractivity contribution is 5.88. The van der Waals surface area contributed by atoms with Crippen molar-refractivity contribution in [1.82, 2.24) is 10.3 Å². The molecule has 0 aliphatic rings. The minimum atomic E-state index is -4.63. The van der Waals surface area contributed by atoms with Crippen LogP contribution in [0.5, 0.6) is 5.75 Å². The van der Waals surface area contributed by atoms with Gasteiger partial charge in [-0.05, 0) is 25.8 Å². The molecular weight excluding hydrogens is 329 g/mol. The molecule has 0 aromatic carbocycles. The van der Waals surface area contributed by atoms with Gasteiger partial charge in [0.05, 0.1) is 0 Å². The van der Waals surface area contributed by atoms with Gasteiger partial charge in [-0.25, -0.2) is 4.79 Å². The zero-order chi connectivity index (χ0) is 18.5. The van der Waals surface area contributed by atoms with E-state index in [1.807, 2.05) is 0 Å². The summed E-state index contributed by atoms with van der Waals surface area (Å²) in [6, 6.07) is 1.88. The molecule has 0 aliphatic carbocycles. The Morgan fingerprint density at radius 3 is 2.46 bits per heavy atom. The van der Waals surface area contributed by atoms with Gasteiger partial charge in [0, 0.05) is 12.3 Å². The number of aromatic nitrogens is 1. The summed E-state index contributed by atoms with van der Waals surface area (Å²) in [6.07, 6.45) is -4.55. The van der Waals surface area contributed by atoms with E-state index < -0.39 is 35.4 Å². The van der Waals surface area contributed by atoms with Gasteiger partial charge in [-0.1, -0.05) is 13.8 Å². The number of rotatable bonds is 7. The smallest absolute Gasteiger partial charge is 0.433 e. The second kappa shape index (κ2) is 7.50. The van der Waals surface area contributed by atoms with Crippen LogP contribution in [0, 0.1) is 0 Å². The number of carboxylic acids is 1. The van der Waals surface area contributed by atoms with E-state index in [9.17, 15) is 22.8 Å². The molecule has 0 spiro atoms. The molecule has 2 N–H and O–H groups in total. The predicted molar refractivity (Wildman–Crippen MR) is 78.4 cm³/mol. The van der Waals surface area contributed by atoms with Crippen LogP contribution in [0.25, 0.3) is 0 Å². The van der Waals surface area contributed by atoms with Crippen molar-refractivity contribution in [1.29, 1.82) is 0 Å². The highest BCUT2D eigenvalue weighted by Crippen LogP contribution is 2.29. The molecule has 1 rings (SSSR count). The summed E-state index contributed by atoms with van der Waals surface area (Å²) >= 11 is 0. The van der Waals surface area contributed by atoms with Crippen LogP contribution in [-0.2, 0) is 15.8 Å². The summed E-state index contributed by atoms with van der Waals surface area (Å²) < 4.78 is 43.2. The number of ether oxygens (including phenoxy) is 1. The van der Waals surface area contributed by atoms with Gasteiger partial charge in [0.1, 0.15) is 17.0 Å². The van der Waals surface area contributed by atoms with Crippen LogP contribution in [0.1, 0.15) is 39.3 Å². The van der Waals surface area contributed by atoms with E-state index in [1.165, 1.54) is 13.0 Å². The molecular formula is C15H19F3N2O4. The Kier molecular flexibility index (Phi) is 6.16. The third-order valence-electron chi connectivity index (χ3n) is 3.54. The van der Waals surface area contributed by atoms with Crippen molar-refractivity contribution in [3.63, 3.8) is 0 Å². The Morgan fingerprint density at radius 1 is 1.38 bits per heavy atom. The second-order valence-corrected chi connectivity index (χ2v) is 5.37. The molecule has 0 radical (unpaired) electrons. The first-order chi connectivity index (χ1) is 11.0. The molecule has 24 heavy (non-hydrogen) atoms. The summed E-state index contributed by atoms with van der Waals surface area (Å²) in [5.41, 5.74) is -2.62. The molecule has 2 unspecified atom stereocenters. The van der Waals surface area contributed by atoms with E-state index in [2.05, 4.69) is 10.3 Å². The summed E-state index contributed by atoms with van der Waals surface area (Å²) in [7, 11) is 0. The second-order valence-electron chi connectivity index (χ2n) is 5.37. The van der Waals surface area contributed by atoms with Crippen molar-refractivity contribution in [3.8, 4) is 5.75 Å². The Hall–Kier alpha value is -2.32. The molecule has 134 valence electrons. The Morgan fingerprint density at radius 2 is 2.00 bits per heavy atom. The van der Waals surface area contributed by atoms with Crippen molar-refractivity contribution in [2.24, 2.45) is 0 Å². The van der Waals surface area contributed by atoms with E-state index >= 15 is 0 Å². The average molecular weight is 348 g/mol. The number of nitrogens with one attached hydrogen (secondary N) is 1. The number of carboxylic acid groups (broad SMARTS) is 1. The van der Waals surface area contributed by atoms with Crippen LogP contribution in [0.3, 0.4) is 0 Å². The SMILES string of the molecule is CCC(Oc1ccnc(C(F)(F)F)c1)C(=O)NC(C)(CC)C(=O)O. The van der Waals surface area contributed by atoms with Crippen molar-refractivity contribution in [2.45, 2.75) is 51.4 Å². The number of hydrogen-bond donors (Lipinski definition) is 2. The lowest BCUT2D eigenvalue weighted by molar-refractivity contribution is -0.148. The number of aliphatic carboxylic acids is 1. The Labute approximate surface area is 137 Å². The minimum absolute atomic E-state index is 0.137. The van der Waals surface area contributed by atoms with E-state index in [1.54, 1.807) is 13.8 Å². The fourth-order valence-corrected chi connectivity index (χ4v) is 1.77. The summed E-state index contributed by atoms with van der Waals surface area (Å²) in [5, 5.41) is 11.5. The molecule has 0 fully saturated rings. The zero-order valence-electron chi connectivity index (χ0n) is 13.5. The quantitative estimate of drug-likeness (QED) is 0.791. The topological polar surface area (TPSA) is 88.5 Å². The minimum Gasteiger partial charge on any atom is -0.480 e. The summed E-state index contributed by atoms with van der Waals surface area (Å²) in [4.78, 5) is 26.6. The third-order valence-corrected chi connectivity index (χ3v) is 3.54. The van der Waals surface area contributed by atoms with Crippen molar-refractivity contribution >= 4 is 11.9 Å². The lowest BCUT2D eigenvalue weighted by Gasteiger charge is -2.27. The van der Waals surface area contributed by atoms with Crippen molar-refractivity contribution in [2.75, 3.05) is 0 Å². The highest BCUT2D eigenvalue weighted by Gasteiger charge is 2.36. The first kappa shape index (κ1) is 19.7. The number of carbonyl (C=O) groups excluding carboxylic acids is 1. The Balaban J connectivity index is 2.91. The van der Waals surface area contributed by atoms with Gasteiger partial charge < -0.3 is 15.2 Å².